The minimum atomic E-state index is -0.482. The number of hydrogen-bond acceptors (Lipinski definition) is 5. The van der Waals surface area contributed by atoms with Crippen LogP contribution in [0.1, 0.15) is 53.3 Å². The molecule has 106 valence electrons. The van der Waals surface area contributed by atoms with Crippen LogP contribution in [0.15, 0.2) is 0 Å². The van der Waals surface area contributed by atoms with E-state index >= 15 is 0 Å². The number of nitrogens with one attached hydrogen (secondary N) is 1. The third-order valence-corrected chi connectivity index (χ3v) is 3.47. The molecule has 1 aromatic heterocycles. The molecule has 0 spiro atoms. The fourth-order valence-corrected chi connectivity index (χ4v) is 2.57. The van der Waals surface area contributed by atoms with E-state index in [4.69, 9.17) is 10.5 Å². The van der Waals surface area contributed by atoms with E-state index in [0.29, 0.717) is 21.0 Å². The Morgan fingerprint density at radius 3 is 2.32 bits per heavy atom. The molecule has 0 atom stereocenters. The molecule has 1 heterocycles. The van der Waals surface area contributed by atoms with E-state index in [1.807, 2.05) is 13.8 Å². The van der Waals surface area contributed by atoms with Gasteiger partial charge in [0.25, 0.3) is 5.91 Å². The van der Waals surface area contributed by atoms with Crippen molar-refractivity contribution < 1.29 is 14.3 Å². The van der Waals surface area contributed by atoms with Gasteiger partial charge in [-0.15, -0.1) is 11.3 Å². The van der Waals surface area contributed by atoms with Crippen LogP contribution in [0.4, 0.5) is 5.00 Å². The molecule has 0 saturated heterocycles. The summed E-state index contributed by atoms with van der Waals surface area (Å²) >= 11 is 1.11. The Bertz CT molecular complexity index is 492. The van der Waals surface area contributed by atoms with Crippen LogP contribution in [0.3, 0.4) is 0 Å². The summed E-state index contributed by atoms with van der Waals surface area (Å²) in [6, 6.07) is 0.0290. The molecule has 0 radical (unpaired) electrons. The molecule has 1 aromatic rings. The Hall–Kier alpha value is -1.56. The monoisotopic (exact) mass is 284 g/mol. The molecular weight excluding hydrogens is 264 g/mol. The van der Waals surface area contributed by atoms with Gasteiger partial charge >= 0.3 is 5.97 Å². The average molecular weight is 284 g/mol. The Balaban J connectivity index is 3.07. The highest BCUT2D eigenvalue weighted by atomic mass is 32.1. The topological polar surface area (TPSA) is 81.4 Å². The van der Waals surface area contributed by atoms with Crippen molar-refractivity contribution in [2.24, 2.45) is 0 Å². The SMILES string of the molecule is Cc1c(C(=O)NC(C)C)sc(N)c1C(=O)OC(C)C. The van der Waals surface area contributed by atoms with Crippen molar-refractivity contribution in [3.63, 3.8) is 0 Å². The normalized spacial score (nSPS) is 10.9. The van der Waals surface area contributed by atoms with Gasteiger partial charge in [-0.3, -0.25) is 4.79 Å². The van der Waals surface area contributed by atoms with Gasteiger partial charge in [0.2, 0.25) is 0 Å². The van der Waals surface area contributed by atoms with Crippen molar-refractivity contribution in [1.82, 2.24) is 5.32 Å². The van der Waals surface area contributed by atoms with Gasteiger partial charge in [-0.05, 0) is 40.2 Å². The van der Waals surface area contributed by atoms with Gasteiger partial charge in [-0.2, -0.15) is 0 Å². The summed E-state index contributed by atoms with van der Waals surface area (Å²) in [6.45, 7) is 8.99. The van der Waals surface area contributed by atoms with Crippen molar-refractivity contribution in [2.45, 2.75) is 46.8 Å². The van der Waals surface area contributed by atoms with Crippen molar-refractivity contribution >= 4 is 28.2 Å². The summed E-state index contributed by atoms with van der Waals surface area (Å²) in [7, 11) is 0. The summed E-state index contributed by atoms with van der Waals surface area (Å²) in [5.41, 5.74) is 6.70. The van der Waals surface area contributed by atoms with Crippen molar-refractivity contribution in [3.05, 3.63) is 16.0 Å². The molecule has 3 N–H and O–H groups in total. The maximum absolute atomic E-state index is 12.0. The summed E-state index contributed by atoms with van der Waals surface area (Å²) < 4.78 is 5.13. The second kappa shape index (κ2) is 6.06. The lowest BCUT2D eigenvalue weighted by atomic mass is 10.1. The number of carbonyl (C=O) groups excluding carboxylic acids is 2. The Labute approximate surface area is 117 Å². The first kappa shape index (κ1) is 15.5. The maximum Gasteiger partial charge on any atom is 0.341 e. The quantitative estimate of drug-likeness (QED) is 0.831. The molecule has 0 aromatic carbocycles. The van der Waals surface area contributed by atoms with Crippen LogP contribution in [-0.4, -0.2) is 24.0 Å². The molecular formula is C13H20N2O3S. The number of carbonyl (C=O) groups is 2. The number of esters is 1. The third-order valence-electron chi connectivity index (χ3n) is 2.35. The number of nitrogen functional groups attached to an aromatic ring is 1. The molecule has 5 nitrogen and oxygen atoms in total. The Morgan fingerprint density at radius 1 is 1.26 bits per heavy atom. The lowest BCUT2D eigenvalue weighted by Crippen LogP contribution is -2.30. The fraction of sp³-hybridized carbons (Fsp3) is 0.538. The summed E-state index contributed by atoms with van der Waals surface area (Å²) in [6.07, 6.45) is -0.223. The van der Waals surface area contributed by atoms with Crippen LogP contribution in [-0.2, 0) is 4.74 Å². The number of anilines is 1. The molecule has 1 rings (SSSR count). The van der Waals surface area contributed by atoms with Crippen molar-refractivity contribution in [1.29, 1.82) is 0 Å². The molecule has 0 unspecified atom stereocenters. The molecule has 0 aliphatic heterocycles. The molecule has 19 heavy (non-hydrogen) atoms. The van der Waals surface area contributed by atoms with E-state index in [0.717, 1.165) is 11.3 Å². The van der Waals surface area contributed by atoms with Crippen LogP contribution < -0.4 is 11.1 Å². The van der Waals surface area contributed by atoms with Gasteiger partial charge < -0.3 is 15.8 Å². The van der Waals surface area contributed by atoms with Gasteiger partial charge in [0.1, 0.15) is 5.00 Å². The number of ether oxygens (including phenoxy) is 1. The molecule has 6 heteroatoms. The van der Waals surface area contributed by atoms with E-state index in [9.17, 15) is 9.59 Å². The smallest absolute Gasteiger partial charge is 0.341 e. The maximum atomic E-state index is 12.0. The van der Waals surface area contributed by atoms with E-state index in [2.05, 4.69) is 5.32 Å². The predicted molar refractivity (Wildman–Crippen MR) is 76.6 cm³/mol. The van der Waals surface area contributed by atoms with Gasteiger partial charge in [-0.1, -0.05) is 0 Å². The standard InChI is InChI=1S/C13H20N2O3S/c1-6(2)15-12(16)10-8(5)9(11(14)19-10)13(17)18-7(3)4/h6-7H,14H2,1-5H3,(H,15,16). The minimum absolute atomic E-state index is 0.0290. The number of thiophene rings is 1. The zero-order valence-corrected chi connectivity index (χ0v) is 12.7. The predicted octanol–water partition coefficient (Wildman–Crippen LogP) is 2.34. The van der Waals surface area contributed by atoms with Gasteiger partial charge in [0.15, 0.2) is 0 Å². The van der Waals surface area contributed by atoms with E-state index in [-0.39, 0.29) is 18.1 Å². The second-order valence-corrected chi connectivity index (χ2v) is 5.93. The summed E-state index contributed by atoms with van der Waals surface area (Å²) in [5.74, 6) is -0.697. The van der Waals surface area contributed by atoms with Crippen LogP contribution in [0.25, 0.3) is 0 Å². The highest BCUT2D eigenvalue weighted by Gasteiger charge is 2.24. The molecule has 0 saturated carbocycles. The highest BCUT2D eigenvalue weighted by molar-refractivity contribution is 7.18. The van der Waals surface area contributed by atoms with Crippen LogP contribution >= 0.6 is 11.3 Å². The zero-order chi connectivity index (χ0) is 14.7. The van der Waals surface area contributed by atoms with Gasteiger partial charge in [0.05, 0.1) is 16.5 Å². The number of rotatable bonds is 4. The van der Waals surface area contributed by atoms with Crippen LogP contribution in [0, 0.1) is 6.92 Å². The van der Waals surface area contributed by atoms with Gasteiger partial charge in [-0.25, -0.2) is 4.79 Å². The molecule has 0 aliphatic rings. The van der Waals surface area contributed by atoms with E-state index in [1.165, 1.54) is 0 Å². The molecule has 0 bridgehead atoms. The number of hydrogen-bond donors (Lipinski definition) is 2. The first-order valence-corrected chi connectivity index (χ1v) is 6.96. The van der Waals surface area contributed by atoms with E-state index in [1.54, 1.807) is 20.8 Å². The lowest BCUT2D eigenvalue weighted by Gasteiger charge is -2.09. The molecule has 0 aliphatic carbocycles. The first-order chi connectivity index (χ1) is 8.73. The van der Waals surface area contributed by atoms with E-state index < -0.39 is 5.97 Å². The summed E-state index contributed by atoms with van der Waals surface area (Å²) in [5, 5.41) is 3.10. The van der Waals surface area contributed by atoms with Crippen LogP contribution in [0.2, 0.25) is 0 Å². The van der Waals surface area contributed by atoms with Crippen molar-refractivity contribution in [2.75, 3.05) is 5.73 Å². The van der Waals surface area contributed by atoms with Gasteiger partial charge in [0, 0.05) is 6.04 Å². The largest absolute Gasteiger partial charge is 0.459 e. The lowest BCUT2D eigenvalue weighted by molar-refractivity contribution is 0.0379. The Morgan fingerprint density at radius 2 is 1.84 bits per heavy atom. The number of amides is 1. The average Bonchev–Trinajstić information content (AvgIpc) is 2.52. The Kier molecular flexibility index (Phi) is 4.94. The zero-order valence-electron chi connectivity index (χ0n) is 11.9. The highest BCUT2D eigenvalue weighted by Crippen LogP contribution is 2.31. The fourth-order valence-electron chi connectivity index (χ4n) is 1.61. The first-order valence-electron chi connectivity index (χ1n) is 6.14. The second-order valence-electron chi connectivity index (χ2n) is 4.88. The van der Waals surface area contributed by atoms with Crippen LogP contribution in [0.5, 0.6) is 0 Å². The molecule has 0 fully saturated rings. The number of nitrogens with two attached hydrogens (primary N) is 1. The van der Waals surface area contributed by atoms with Crippen molar-refractivity contribution in [3.8, 4) is 0 Å². The third kappa shape index (κ3) is 3.70. The molecule has 1 amide bonds. The summed E-state index contributed by atoms with van der Waals surface area (Å²) in [4.78, 5) is 24.4. The minimum Gasteiger partial charge on any atom is -0.459 e.